The van der Waals surface area contributed by atoms with Crippen LogP contribution >= 0.6 is 0 Å². The van der Waals surface area contributed by atoms with Crippen LogP contribution in [-0.4, -0.2) is 17.4 Å². The molecule has 1 aliphatic carbocycles. The molecule has 0 atom stereocenters. The van der Waals surface area contributed by atoms with Crippen molar-refractivity contribution in [1.29, 1.82) is 0 Å². The van der Waals surface area contributed by atoms with Gasteiger partial charge in [-0.15, -0.1) is 0 Å². The second-order valence-corrected chi connectivity index (χ2v) is 5.00. The van der Waals surface area contributed by atoms with Crippen LogP contribution in [0.5, 0.6) is 0 Å². The zero-order chi connectivity index (χ0) is 13.7. The molecule has 102 valence electrons. The standard InChI is InChI=1S/C14H18N2O3/c17-14(15-9-8-11-4-1-2-5-11)12-6-3-7-13(10-12)16(18)19/h3,6-7,10-11H,1-2,4-5,8-9H2,(H,15,17). The summed E-state index contributed by atoms with van der Waals surface area (Å²) in [6.07, 6.45) is 6.10. The van der Waals surface area contributed by atoms with E-state index in [1.165, 1.54) is 43.9 Å². The molecule has 0 aliphatic heterocycles. The first kappa shape index (κ1) is 13.5. The van der Waals surface area contributed by atoms with Gasteiger partial charge < -0.3 is 5.32 Å². The number of non-ortho nitro benzene ring substituents is 1. The Hall–Kier alpha value is -1.91. The van der Waals surface area contributed by atoms with Crippen molar-refractivity contribution >= 4 is 11.6 Å². The Morgan fingerprint density at radius 1 is 1.37 bits per heavy atom. The van der Waals surface area contributed by atoms with E-state index >= 15 is 0 Å². The minimum atomic E-state index is -0.491. The molecular formula is C14H18N2O3. The number of carbonyl (C=O) groups is 1. The third-order valence-corrected chi connectivity index (χ3v) is 3.63. The molecule has 1 amide bonds. The van der Waals surface area contributed by atoms with Gasteiger partial charge in [0.1, 0.15) is 0 Å². The molecule has 0 bridgehead atoms. The van der Waals surface area contributed by atoms with E-state index in [4.69, 9.17) is 0 Å². The summed E-state index contributed by atoms with van der Waals surface area (Å²) in [5, 5.41) is 13.5. The minimum Gasteiger partial charge on any atom is -0.352 e. The maximum atomic E-state index is 11.9. The van der Waals surface area contributed by atoms with E-state index in [0.717, 1.165) is 12.3 Å². The van der Waals surface area contributed by atoms with Crippen molar-refractivity contribution in [3.05, 3.63) is 39.9 Å². The Balaban J connectivity index is 1.85. The van der Waals surface area contributed by atoms with Crippen LogP contribution in [0.3, 0.4) is 0 Å². The fourth-order valence-electron chi connectivity index (χ4n) is 2.55. The maximum Gasteiger partial charge on any atom is 0.270 e. The Kier molecular flexibility index (Phi) is 4.49. The SMILES string of the molecule is O=C(NCCC1CCCC1)c1cccc([N+](=O)[O-])c1. The van der Waals surface area contributed by atoms with Gasteiger partial charge in [0, 0.05) is 24.2 Å². The van der Waals surface area contributed by atoms with Crippen LogP contribution in [0.4, 0.5) is 5.69 Å². The van der Waals surface area contributed by atoms with Crippen LogP contribution in [0.1, 0.15) is 42.5 Å². The molecule has 1 N–H and O–H groups in total. The van der Waals surface area contributed by atoms with Gasteiger partial charge in [-0.05, 0) is 18.4 Å². The maximum absolute atomic E-state index is 11.9. The summed E-state index contributed by atoms with van der Waals surface area (Å²) in [7, 11) is 0. The molecule has 0 radical (unpaired) electrons. The third-order valence-electron chi connectivity index (χ3n) is 3.63. The number of nitro benzene ring substituents is 1. The molecule has 2 rings (SSSR count). The highest BCUT2D eigenvalue weighted by Crippen LogP contribution is 2.26. The van der Waals surface area contributed by atoms with Gasteiger partial charge in [-0.3, -0.25) is 14.9 Å². The van der Waals surface area contributed by atoms with E-state index in [-0.39, 0.29) is 11.6 Å². The van der Waals surface area contributed by atoms with Gasteiger partial charge in [0.2, 0.25) is 0 Å². The van der Waals surface area contributed by atoms with Crippen molar-refractivity contribution in [2.45, 2.75) is 32.1 Å². The van der Waals surface area contributed by atoms with Crippen LogP contribution in [-0.2, 0) is 0 Å². The van der Waals surface area contributed by atoms with Gasteiger partial charge in [0.05, 0.1) is 4.92 Å². The van der Waals surface area contributed by atoms with E-state index in [2.05, 4.69) is 5.32 Å². The van der Waals surface area contributed by atoms with E-state index < -0.39 is 4.92 Å². The molecular weight excluding hydrogens is 244 g/mol. The Labute approximate surface area is 112 Å². The van der Waals surface area contributed by atoms with Crippen molar-refractivity contribution in [1.82, 2.24) is 5.32 Å². The topological polar surface area (TPSA) is 72.2 Å². The number of benzene rings is 1. The molecule has 1 aliphatic rings. The normalized spacial score (nSPS) is 15.4. The summed E-state index contributed by atoms with van der Waals surface area (Å²) < 4.78 is 0. The lowest BCUT2D eigenvalue weighted by molar-refractivity contribution is -0.384. The first-order chi connectivity index (χ1) is 9.16. The highest BCUT2D eigenvalue weighted by Gasteiger charge is 2.15. The Morgan fingerprint density at radius 3 is 2.79 bits per heavy atom. The number of nitrogens with zero attached hydrogens (tertiary/aromatic N) is 1. The van der Waals surface area contributed by atoms with E-state index in [1.807, 2.05) is 0 Å². The zero-order valence-corrected chi connectivity index (χ0v) is 10.8. The summed E-state index contributed by atoms with van der Waals surface area (Å²) in [5.41, 5.74) is 0.295. The zero-order valence-electron chi connectivity index (χ0n) is 10.8. The molecule has 0 saturated heterocycles. The average Bonchev–Trinajstić information content (AvgIpc) is 2.92. The molecule has 1 aromatic rings. The molecule has 1 fully saturated rings. The lowest BCUT2D eigenvalue weighted by atomic mass is 10.0. The summed E-state index contributed by atoms with van der Waals surface area (Å²) in [6, 6.07) is 5.82. The first-order valence-electron chi connectivity index (χ1n) is 6.69. The molecule has 1 saturated carbocycles. The number of nitrogens with one attached hydrogen (secondary N) is 1. The van der Waals surface area contributed by atoms with Crippen LogP contribution in [0.2, 0.25) is 0 Å². The predicted octanol–water partition coefficient (Wildman–Crippen LogP) is 2.90. The molecule has 0 aromatic heterocycles. The lowest BCUT2D eigenvalue weighted by Gasteiger charge is -2.09. The van der Waals surface area contributed by atoms with Crippen molar-refractivity contribution < 1.29 is 9.72 Å². The summed E-state index contributed by atoms with van der Waals surface area (Å²) in [4.78, 5) is 22.0. The summed E-state index contributed by atoms with van der Waals surface area (Å²) in [5.74, 6) is 0.493. The molecule has 1 aromatic carbocycles. The fraction of sp³-hybridized carbons (Fsp3) is 0.500. The highest BCUT2D eigenvalue weighted by molar-refractivity contribution is 5.94. The Bertz CT molecular complexity index is 468. The second kappa shape index (κ2) is 6.31. The largest absolute Gasteiger partial charge is 0.352 e. The lowest BCUT2D eigenvalue weighted by Crippen LogP contribution is -2.25. The first-order valence-corrected chi connectivity index (χ1v) is 6.69. The number of carbonyl (C=O) groups excluding carboxylic acids is 1. The molecule has 5 heteroatoms. The van der Waals surface area contributed by atoms with Gasteiger partial charge >= 0.3 is 0 Å². The minimum absolute atomic E-state index is 0.0524. The smallest absolute Gasteiger partial charge is 0.270 e. The van der Waals surface area contributed by atoms with Crippen LogP contribution in [0, 0.1) is 16.0 Å². The number of rotatable bonds is 5. The van der Waals surface area contributed by atoms with Crippen molar-refractivity contribution in [2.75, 3.05) is 6.54 Å². The number of amides is 1. The molecule has 0 spiro atoms. The molecule has 19 heavy (non-hydrogen) atoms. The van der Waals surface area contributed by atoms with Gasteiger partial charge in [0.25, 0.3) is 11.6 Å². The van der Waals surface area contributed by atoms with Gasteiger partial charge in [-0.1, -0.05) is 31.7 Å². The average molecular weight is 262 g/mol. The molecule has 0 heterocycles. The molecule has 5 nitrogen and oxygen atoms in total. The van der Waals surface area contributed by atoms with E-state index in [9.17, 15) is 14.9 Å². The third kappa shape index (κ3) is 3.77. The molecule has 0 unspecified atom stereocenters. The Morgan fingerprint density at radius 2 is 2.11 bits per heavy atom. The van der Waals surface area contributed by atoms with Crippen molar-refractivity contribution in [3.63, 3.8) is 0 Å². The fourth-order valence-corrected chi connectivity index (χ4v) is 2.55. The van der Waals surface area contributed by atoms with Gasteiger partial charge in [-0.25, -0.2) is 0 Å². The van der Waals surface area contributed by atoms with Crippen LogP contribution in [0.25, 0.3) is 0 Å². The predicted molar refractivity (Wildman–Crippen MR) is 72.0 cm³/mol. The van der Waals surface area contributed by atoms with E-state index in [0.29, 0.717) is 12.1 Å². The highest BCUT2D eigenvalue weighted by atomic mass is 16.6. The van der Waals surface area contributed by atoms with Crippen molar-refractivity contribution in [2.24, 2.45) is 5.92 Å². The number of hydrogen-bond acceptors (Lipinski definition) is 3. The number of hydrogen-bond donors (Lipinski definition) is 1. The summed E-state index contributed by atoms with van der Waals surface area (Å²) >= 11 is 0. The monoisotopic (exact) mass is 262 g/mol. The van der Waals surface area contributed by atoms with Crippen molar-refractivity contribution in [3.8, 4) is 0 Å². The quantitative estimate of drug-likeness (QED) is 0.655. The van der Waals surface area contributed by atoms with Gasteiger partial charge in [-0.2, -0.15) is 0 Å². The van der Waals surface area contributed by atoms with Crippen LogP contribution < -0.4 is 5.32 Å². The summed E-state index contributed by atoms with van der Waals surface area (Å²) in [6.45, 7) is 0.645. The van der Waals surface area contributed by atoms with Crippen LogP contribution in [0.15, 0.2) is 24.3 Å². The second-order valence-electron chi connectivity index (χ2n) is 5.00. The number of nitro groups is 1. The van der Waals surface area contributed by atoms with Gasteiger partial charge in [0.15, 0.2) is 0 Å². The van der Waals surface area contributed by atoms with E-state index in [1.54, 1.807) is 6.07 Å².